The van der Waals surface area contributed by atoms with Gasteiger partial charge in [-0.25, -0.2) is 4.79 Å². The van der Waals surface area contributed by atoms with Gasteiger partial charge in [0.25, 0.3) is 0 Å². The summed E-state index contributed by atoms with van der Waals surface area (Å²) in [7, 11) is 0. The van der Waals surface area contributed by atoms with E-state index in [1.807, 2.05) is 30.3 Å². The summed E-state index contributed by atoms with van der Waals surface area (Å²) in [6.07, 6.45) is 2.13. The summed E-state index contributed by atoms with van der Waals surface area (Å²) < 4.78 is 11.0. The number of benzene rings is 1. The zero-order valence-corrected chi connectivity index (χ0v) is 11.2. The van der Waals surface area contributed by atoms with Crippen LogP contribution in [0.5, 0.6) is 0 Å². The lowest BCUT2D eigenvalue weighted by Gasteiger charge is -2.22. The third-order valence-corrected chi connectivity index (χ3v) is 3.90. The molecule has 4 nitrogen and oxygen atoms in total. The molecule has 0 N–H and O–H groups in total. The Hall–Kier alpha value is -1.55. The fourth-order valence-corrected chi connectivity index (χ4v) is 2.69. The van der Waals surface area contributed by atoms with Crippen molar-refractivity contribution < 1.29 is 14.3 Å². The van der Waals surface area contributed by atoms with E-state index in [2.05, 4.69) is 6.92 Å². The maximum atomic E-state index is 12.1. The average molecular weight is 261 g/mol. The molecule has 3 rings (SSSR count). The molecule has 19 heavy (non-hydrogen) atoms. The van der Waals surface area contributed by atoms with Crippen LogP contribution < -0.4 is 0 Å². The minimum Gasteiger partial charge on any atom is -0.445 e. The quantitative estimate of drug-likeness (QED) is 0.768. The molecule has 1 amide bonds. The Kier molecular flexibility index (Phi) is 3.19. The molecule has 2 saturated heterocycles. The molecule has 0 radical (unpaired) electrons. The molecule has 1 aromatic rings. The Morgan fingerprint density at radius 2 is 2.26 bits per heavy atom. The highest BCUT2D eigenvalue weighted by molar-refractivity contribution is 5.68. The second-order valence-electron chi connectivity index (χ2n) is 5.52. The van der Waals surface area contributed by atoms with E-state index in [4.69, 9.17) is 9.47 Å². The van der Waals surface area contributed by atoms with Gasteiger partial charge in [-0.05, 0) is 25.3 Å². The lowest BCUT2D eigenvalue weighted by atomic mass is 10.1. The molecule has 0 aromatic heterocycles. The van der Waals surface area contributed by atoms with Gasteiger partial charge in [-0.15, -0.1) is 0 Å². The van der Waals surface area contributed by atoms with Crippen LogP contribution in [0.3, 0.4) is 0 Å². The second kappa shape index (κ2) is 4.85. The standard InChI is InChI=1S/C15H19NO3/c1-15-11-16(9-5-8-13(15)19-15)14(17)18-10-12-6-3-2-4-7-12/h2-4,6-7,13H,5,8-11H2,1H3. The van der Waals surface area contributed by atoms with Crippen molar-refractivity contribution >= 4 is 6.09 Å². The Labute approximate surface area is 113 Å². The Morgan fingerprint density at radius 1 is 1.47 bits per heavy atom. The van der Waals surface area contributed by atoms with Gasteiger partial charge in [0.1, 0.15) is 12.2 Å². The van der Waals surface area contributed by atoms with Crippen molar-refractivity contribution in [2.75, 3.05) is 13.1 Å². The molecule has 2 aliphatic rings. The number of likely N-dealkylation sites (tertiary alicyclic amines) is 1. The number of hydrogen-bond acceptors (Lipinski definition) is 3. The van der Waals surface area contributed by atoms with Gasteiger partial charge in [0.05, 0.1) is 12.6 Å². The van der Waals surface area contributed by atoms with Crippen LogP contribution in [0, 0.1) is 0 Å². The molecule has 4 heteroatoms. The number of amides is 1. The van der Waals surface area contributed by atoms with Gasteiger partial charge in [0.15, 0.2) is 0 Å². The van der Waals surface area contributed by atoms with Crippen LogP contribution in [0.2, 0.25) is 0 Å². The number of hydrogen-bond donors (Lipinski definition) is 0. The van der Waals surface area contributed by atoms with Gasteiger partial charge in [-0.1, -0.05) is 30.3 Å². The minimum absolute atomic E-state index is 0.137. The molecule has 0 spiro atoms. The molecule has 2 heterocycles. The van der Waals surface area contributed by atoms with Crippen LogP contribution in [0.4, 0.5) is 4.79 Å². The lowest BCUT2D eigenvalue weighted by molar-refractivity contribution is 0.0859. The van der Waals surface area contributed by atoms with Crippen molar-refractivity contribution in [3.8, 4) is 0 Å². The molecule has 102 valence electrons. The zero-order chi connectivity index (χ0) is 13.3. The maximum Gasteiger partial charge on any atom is 0.410 e. The lowest BCUT2D eigenvalue weighted by Crippen LogP contribution is -2.38. The number of ether oxygens (including phenoxy) is 2. The fourth-order valence-electron chi connectivity index (χ4n) is 2.69. The highest BCUT2D eigenvalue weighted by atomic mass is 16.6. The maximum absolute atomic E-state index is 12.1. The first-order valence-electron chi connectivity index (χ1n) is 6.81. The molecule has 0 bridgehead atoms. The third-order valence-electron chi connectivity index (χ3n) is 3.90. The number of carbonyl (C=O) groups is 1. The van der Waals surface area contributed by atoms with Crippen LogP contribution in [0.15, 0.2) is 30.3 Å². The smallest absolute Gasteiger partial charge is 0.410 e. The van der Waals surface area contributed by atoms with Crippen LogP contribution in [0.1, 0.15) is 25.3 Å². The first-order chi connectivity index (χ1) is 9.17. The van der Waals surface area contributed by atoms with Gasteiger partial charge < -0.3 is 14.4 Å². The van der Waals surface area contributed by atoms with E-state index in [0.717, 1.165) is 24.9 Å². The van der Waals surface area contributed by atoms with E-state index >= 15 is 0 Å². The molecular weight excluding hydrogens is 242 g/mol. The monoisotopic (exact) mass is 261 g/mol. The summed E-state index contributed by atoms with van der Waals surface area (Å²) in [5.74, 6) is 0. The van der Waals surface area contributed by atoms with E-state index < -0.39 is 0 Å². The van der Waals surface area contributed by atoms with E-state index in [1.54, 1.807) is 4.90 Å². The predicted molar refractivity (Wildman–Crippen MR) is 70.7 cm³/mol. The van der Waals surface area contributed by atoms with Crippen molar-refractivity contribution in [2.24, 2.45) is 0 Å². The molecule has 2 atom stereocenters. The fraction of sp³-hybridized carbons (Fsp3) is 0.533. The van der Waals surface area contributed by atoms with Crippen molar-refractivity contribution in [1.29, 1.82) is 0 Å². The number of nitrogens with zero attached hydrogens (tertiary/aromatic N) is 1. The van der Waals surface area contributed by atoms with Crippen molar-refractivity contribution in [3.63, 3.8) is 0 Å². The van der Waals surface area contributed by atoms with Gasteiger partial charge in [0.2, 0.25) is 0 Å². The molecule has 1 aromatic carbocycles. The second-order valence-corrected chi connectivity index (χ2v) is 5.52. The summed E-state index contributed by atoms with van der Waals surface area (Å²) in [5, 5.41) is 0. The van der Waals surface area contributed by atoms with Crippen LogP contribution in [-0.4, -0.2) is 35.8 Å². The molecule has 2 fully saturated rings. The van der Waals surface area contributed by atoms with Crippen molar-refractivity contribution in [3.05, 3.63) is 35.9 Å². The van der Waals surface area contributed by atoms with E-state index in [1.165, 1.54) is 0 Å². The molecule has 2 aliphatic heterocycles. The Bertz CT molecular complexity index is 462. The summed E-state index contributed by atoms with van der Waals surface area (Å²) in [6.45, 7) is 3.81. The number of fused-ring (bicyclic) bond motifs is 1. The zero-order valence-electron chi connectivity index (χ0n) is 11.2. The summed E-state index contributed by atoms with van der Waals surface area (Å²) >= 11 is 0. The topological polar surface area (TPSA) is 42.1 Å². The van der Waals surface area contributed by atoms with Gasteiger partial charge >= 0.3 is 6.09 Å². The van der Waals surface area contributed by atoms with Crippen molar-refractivity contribution in [1.82, 2.24) is 4.90 Å². The van der Waals surface area contributed by atoms with Gasteiger partial charge in [-0.2, -0.15) is 0 Å². The molecular formula is C15H19NO3. The van der Waals surface area contributed by atoms with E-state index in [9.17, 15) is 4.79 Å². The number of epoxide rings is 1. The molecule has 2 unspecified atom stereocenters. The van der Waals surface area contributed by atoms with Crippen LogP contribution in [0.25, 0.3) is 0 Å². The molecule has 0 saturated carbocycles. The van der Waals surface area contributed by atoms with Crippen LogP contribution in [-0.2, 0) is 16.1 Å². The Morgan fingerprint density at radius 3 is 3.05 bits per heavy atom. The highest BCUT2D eigenvalue weighted by Gasteiger charge is 2.54. The molecule has 0 aliphatic carbocycles. The third kappa shape index (κ3) is 2.73. The summed E-state index contributed by atoms with van der Waals surface area (Å²) in [6, 6.07) is 9.75. The van der Waals surface area contributed by atoms with Crippen LogP contribution >= 0.6 is 0 Å². The predicted octanol–water partition coefficient (Wildman–Crippen LogP) is 2.58. The average Bonchev–Trinajstić information content (AvgIpc) is 3.08. The summed E-state index contributed by atoms with van der Waals surface area (Å²) in [5.41, 5.74) is 0.875. The first kappa shape index (κ1) is 12.5. The normalized spacial score (nSPS) is 29.3. The van der Waals surface area contributed by atoms with Gasteiger partial charge in [0, 0.05) is 6.54 Å². The SMILES string of the molecule is CC12CN(C(=O)OCc3ccccc3)CCCC1O2. The first-order valence-corrected chi connectivity index (χ1v) is 6.81. The van der Waals surface area contributed by atoms with Gasteiger partial charge in [-0.3, -0.25) is 0 Å². The number of carbonyl (C=O) groups excluding carboxylic acids is 1. The van der Waals surface area contributed by atoms with Crippen molar-refractivity contribution in [2.45, 2.75) is 38.1 Å². The highest BCUT2D eigenvalue weighted by Crippen LogP contribution is 2.41. The largest absolute Gasteiger partial charge is 0.445 e. The Balaban J connectivity index is 1.55. The summed E-state index contributed by atoms with van der Waals surface area (Å²) in [4.78, 5) is 13.9. The minimum atomic E-state index is -0.235. The van der Waals surface area contributed by atoms with E-state index in [-0.39, 0.29) is 11.7 Å². The van der Waals surface area contributed by atoms with E-state index in [0.29, 0.717) is 19.3 Å². The number of rotatable bonds is 2.